The molecule has 37 heavy (non-hydrogen) atoms. The normalized spacial score (nSPS) is 17.7. The molecule has 0 unspecified atom stereocenters. The van der Waals surface area contributed by atoms with Crippen LogP contribution < -0.4 is 10.6 Å². The van der Waals surface area contributed by atoms with Crippen molar-refractivity contribution < 1.29 is 18.7 Å². The van der Waals surface area contributed by atoms with Crippen molar-refractivity contribution >= 4 is 23.6 Å². The summed E-state index contributed by atoms with van der Waals surface area (Å²) in [7, 11) is 0. The molecular formula is C28H30ClFN4O3. The minimum absolute atomic E-state index is 0.168. The molecule has 1 saturated carbocycles. The molecular weight excluding hydrogens is 495 g/mol. The molecule has 2 aliphatic rings. The van der Waals surface area contributed by atoms with Crippen LogP contribution in [0.3, 0.4) is 0 Å². The first-order valence-electron chi connectivity index (χ1n) is 12.4. The van der Waals surface area contributed by atoms with Crippen LogP contribution in [0.4, 0.5) is 9.18 Å². The van der Waals surface area contributed by atoms with Crippen molar-refractivity contribution in [1.82, 2.24) is 20.8 Å². The maximum absolute atomic E-state index is 15.0. The van der Waals surface area contributed by atoms with Crippen molar-refractivity contribution in [2.75, 3.05) is 0 Å². The quantitative estimate of drug-likeness (QED) is 0.381. The molecule has 0 spiro atoms. The molecule has 0 saturated heterocycles. The Morgan fingerprint density at radius 1 is 1.19 bits per heavy atom. The molecule has 194 valence electrons. The van der Waals surface area contributed by atoms with E-state index in [4.69, 9.17) is 16.3 Å². The maximum atomic E-state index is 15.0. The van der Waals surface area contributed by atoms with Crippen molar-refractivity contribution in [2.24, 2.45) is 0 Å². The summed E-state index contributed by atoms with van der Waals surface area (Å²) in [6, 6.07) is 10.6. The zero-order chi connectivity index (χ0) is 26.5. The van der Waals surface area contributed by atoms with E-state index in [0.29, 0.717) is 34.7 Å². The fraction of sp³-hybridized carbons (Fsp3) is 0.393. The number of aryl methyl sites for hydroxylation is 2. The van der Waals surface area contributed by atoms with E-state index in [1.165, 1.54) is 6.07 Å². The average Bonchev–Trinajstić information content (AvgIpc) is 3.28. The molecule has 0 bridgehead atoms. The van der Waals surface area contributed by atoms with Gasteiger partial charge < -0.3 is 15.4 Å². The van der Waals surface area contributed by atoms with Gasteiger partial charge in [-0.1, -0.05) is 29.8 Å². The van der Waals surface area contributed by atoms with Gasteiger partial charge in [-0.05, 0) is 93.8 Å². The maximum Gasteiger partial charge on any atom is 0.408 e. The SMILES string of the molecule is Cc1cc(-c2c(F)cc(Cl)cc2-c2ccc3c(c2)CC[C@@H]3NC(=O)C2(NC(=O)OC(C)(C)C)CC2)n[nH]1. The van der Waals surface area contributed by atoms with Gasteiger partial charge in [-0.2, -0.15) is 5.10 Å². The summed E-state index contributed by atoms with van der Waals surface area (Å²) in [5, 5.41) is 13.3. The first-order chi connectivity index (χ1) is 17.4. The summed E-state index contributed by atoms with van der Waals surface area (Å²) in [5.41, 5.74) is 3.76. The molecule has 5 rings (SSSR count). The third kappa shape index (κ3) is 5.21. The predicted octanol–water partition coefficient (Wildman–Crippen LogP) is 6.01. The fourth-order valence-corrected chi connectivity index (χ4v) is 5.08. The number of amides is 2. The first-order valence-corrected chi connectivity index (χ1v) is 12.8. The Balaban J connectivity index is 1.36. The minimum Gasteiger partial charge on any atom is -0.444 e. The van der Waals surface area contributed by atoms with E-state index in [1.54, 1.807) is 32.9 Å². The van der Waals surface area contributed by atoms with Gasteiger partial charge >= 0.3 is 6.09 Å². The molecule has 1 atom stereocenters. The standard InChI is InChI=1S/C28H30ClFN4O3/c1-15-11-23(34-33-15)24-20(13-18(29)14-21(24)30)17-5-7-19-16(12-17)6-8-22(19)31-25(35)28(9-10-28)32-26(36)37-27(2,3)4/h5,7,11-14,22H,6,8-10H2,1-4H3,(H,31,35)(H,32,36)(H,33,34)/t22-/m0/s1. The number of halogens is 2. The van der Waals surface area contributed by atoms with Gasteiger partial charge in [0, 0.05) is 16.3 Å². The molecule has 0 aliphatic heterocycles. The largest absolute Gasteiger partial charge is 0.444 e. The van der Waals surface area contributed by atoms with E-state index in [1.807, 2.05) is 25.1 Å². The number of hydrogen-bond acceptors (Lipinski definition) is 4. The Labute approximate surface area is 220 Å². The van der Waals surface area contributed by atoms with Crippen LogP contribution in [0.15, 0.2) is 36.4 Å². The first kappa shape index (κ1) is 25.3. The lowest BCUT2D eigenvalue weighted by molar-refractivity contribution is -0.125. The minimum atomic E-state index is -0.917. The highest BCUT2D eigenvalue weighted by molar-refractivity contribution is 6.31. The molecule has 1 aromatic heterocycles. The number of hydrogen-bond donors (Lipinski definition) is 3. The molecule has 2 aromatic carbocycles. The van der Waals surface area contributed by atoms with Gasteiger partial charge in [0.05, 0.1) is 11.7 Å². The molecule has 0 radical (unpaired) electrons. The van der Waals surface area contributed by atoms with Crippen LogP contribution >= 0.6 is 11.6 Å². The monoisotopic (exact) mass is 524 g/mol. The number of carbonyl (C=O) groups excluding carboxylic acids is 2. The second-order valence-electron chi connectivity index (χ2n) is 10.9. The van der Waals surface area contributed by atoms with Crippen molar-refractivity contribution in [3.8, 4) is 22.4 Å². The number of H-pyrrole nitrogens is 1. The summed E-state index contributed by atoms with van der Waals surface area (Å²) in [4.78, 5) is 25.4. The topological polar surface area (TPSA) is 96.1 Å². The van der Waals surface area contributed by atoms with Crippen molar-refractivity contribution in [3.63, 3.8) is 0 Å². The lowest BCUT2D eigenvalue weighted by atomic mass is 9.94. The van der Waals surface area contributed by atoms with Crippen molar-refractivity contribution in [1.29, 1.82) is 0 Å². The molecule has 2 amide bonds. The number of carbonyl (C=O) groups is 2. The number of nitrogens with one attached hydrogen (secondary N) is 3. The highest BCUT2D eigenvalue weighted by Crippen LogP contribution is 2.41. The van der Waals surface area contributed by atoms with Gasteiger partial charge in [0.25, 0.3) is 0 Å². The van der Waals surface area contributed by atoms with E-state index in [0.717, 1.165) is 35.2 Å². The number of alkyl carbamates (subject to hydrolysis) is 1. The lowest BCUT2D eigenvalue weighted by Crippen LogP contribution is -2.50. The van der Waals surface area contributed by atoms with Gasteiger partial charge in [0.15, 0.2) is 0 Å². The van der Waals surface area contributed by atoms with Crippen LogP contribution in [0.5, 0.6) is 0 Å². The fourth-order valence-electron chi connectivity index (χ4n) is 4.87. The molecule has 3 aromatic rings. The summed E-state index contributed by atoms with van der Waals surface area (Å²) in [6.07, 6.45) is 2.06. The number of aromatic amines is 1. The number of aromatic nitrogens is 2. The third-order valence-electron chi connectivity index (χ3n) is 6.78. The Morgan fingerprint density at radius 2 is 1.95 bits per heavy atom. The predicted molar refractivity (Wildman–Crippen MR) is 140 cm³/mol. The Hall–Kier alpha value is -3.39. The smallest absolute Gasteiger partial charge is 0.408 e. The van der Waals surface area contributed by atoms with Crippen molar-refractivity contribution in [3.05, 3.63) is 64.1 Å². The second kappa shape index (κ2) is 9.17. The lowest BCUT2D eigenvalue weighted by Gasteiger charge is -2.24. The van der Waals surface area contributed by atoms with E-state index in [2.05, 4.69) is 20.8 Å². The Bertz CT molecular complexity index is 1390. The molecule has 1 heterocycles. The molecule has 3 N–H and O–H groups in total. The van der Waals surface area contributed by atoms with E-state index in [-0.39, 0.29) is 11.9 Å². The van der Waals surface area contributed by atoms with Crippen LogP contribution in [-0.4, -0.2) is 33.3 Å². The summed E-state index contributed by atoms with van der Waals surface area (Å²) in [5.74, 6) is -0.639. The van der Waals surface area contributed by atoms with Gasteiger partial charge in [0.1, 0.15) is 17.0 Å². The third-order valence-corrected chi connectivity index (χ3v) is 7.00. The summed E-state index contributed by atoms with van der Waals surface area (Å²) >= 11 is 6.23. The molecule has 2 aliphatic carbocycles. The zero-order valence-corrected chi connectivity index (χ0v) is 22.1. The molecule has 9 heteroatoms. The Kier molecular flexibility index (Phi) is 6.26. The molecule has 1 fully saturated rings. The van der Waals surface area contributed by atoms with Gasteiger partial charge in [-0.15, -0.1) is 0 Å². The van der Waals surface area contributed by atoms with Crippen LogP contribution in [-0.2, 0) is 16.0 Å². The second-order valence-corrected chi connectivity index (χ2v) is 11.4. The number of ether oxygens (including phenoxy) is 1. The van der Waals surface area contributed by atoms with E-state index < -0.39 is 23.1 Å². The number of nitrogens with zero attached hydrogens (tertiary/aromatic N) is 1. The van der Waals surface area contributed by atoms with Gasteiger partial charge in [-0.3, -0.25) is 9.89 Å². The summed E-state index contributed by atoms with van der Waals surface area (Å²) < 4.78 is 20.4. The number of benzene rings is 2. The average molecular weight is 525 g/mol. The molecule has 7 nitrogen and oxygen atoms in total. The summed E-state index contributed by atoms with van der Waals surface area (Å²) in [6.45, 7) is 7.22. The highest BCUT2D eigenvalue weighted by Gasteiger charge is 2.52. The van der Waals surface area contributed by atoms with E-state index in [9.17, 15) is 9.59 Å². The highest BCUT2D eigenvalue weighted by atomic mass is 35.5. The number of rotatable bonds is 5. The van der Waals surface area contributed by atoms with Crippen molar-refractivity contribution in [2.45, 2.75) is 70.6 Å². The van der Waals surface area contributed by atoms with Crippen LogP contribution in [0.25, 0.3) is 22.4 Å². The van der Waals surface area contributed by atoms with Crippen LogP contribution in [0.2, 0.25) is 5.02 Å². The Morgan fingerprint density at radius 3 is 2.59 bits per heavy atom. The number of fused-ring (bicyclic) bond motifs is 1. The van der Waals surface area contributed by atoms with Gasteiger partial charge in [-0.25, -0.2) is 9.18 Å². The van der Waals surface area contributed by atoms with Gasteiger partial charge in [0.2, 0.25) is 5.91 Å². The van der Waals surface area contributed by atoms with Crippen LogP contribution in [0.1, 0.15) is 62.9 Å². The van der Waals surface area contributed by atoms with E-state index >= 15 is 4.39 Å². The van der Waals surface area contributed by atoms with Crippen LogP contribution in [0, 0.1) is 12.7 Å². The zero-order valence-electron chi connectivity index (χ0n) is 21.3.